The summed E-state index contributed by atoms with van der Waals surface area (Å²) in [6.07, 6.45) is 3.99. The molecule has 0 saturated carbocycles. The topological polar surface area (TPSA) is 177 Å². The lowest BCUT2D eigenvalue weighted by Crippen LogP contribution is -2.17. The first kappa shape index (κ1) is 32.0. The summed E-state index contributed by atoms with van der Waals surface area (Å²) in [5, 5.41) is 2.68. The SMILES string of the molecule is COc1cc(NC(=O)CCS(=O)(=O)c2ccccc2)cnc1-c1c(C)c2ncnc(N)c2n1-c1ccc(Oc2nccc(C)n2)c(F)c1. The Kier molecular flexibility index (Phi) is 8.69. The molecule has 1 amide bonds. The Morgan fingerprint density at radius 2 is 1.79 bits per heavy atom. The van der Waals surface area contributed by atoms with Crippen LogP contribution in [0.2, 0.25) is 0 Å². The molecule has 0 atom stereocenters. The molecule has 2 aromatic carbocycles. The molecule has 244 valence electrons. The van der Waals surface area contributed by atoms with Gasteiger partial charge in [-0.25, -0.2) is 37.7 Å². The molecule has 48 heavy (non-hydrogen) atoms. The second-order valence-electron chi connectivity index (χ2n) is 10.7. The van der Waals surface area contributed by atoms with E-state index in [0.717, 1.165) is 0 Å². The van der Waals surface area contributed by atoms with Gasteiger partial charge in [0.15, 0.2) is 27.2 Å². The van der Waals surface area contributed by atoms with Crippen LogP contribution in [0, 0.1) is 19.7 Å². The molecule has 0 unspecified atom stereocenters. The van der Waals surface area contributed by atoms with Crippen LogP contribution < -0.4 is 20.5 Å². The van der Waals surface area contributed by atoms with Gasteiger partial charge in [-0.1, -0.05) is 18.2 Å². The monoisotopic (exact) mass is 668 g/mol. The Morgan fingerprint density at radius 1 is 1.00 bits per heavy atom. The number of methoxy groups -OCH3 is 1. The van der Waals surface area contributed by atoms with Crippen LogP contribution in [0.3, 0.4) is 0 Å². The van der Waals surface area contributed by atoms with Crippen LogP contribution in [0.1, 0.15) is 17.7 Å². The number of anilines is 2. The Balaban J connectivity index is 1.34. The normalized spacial score (nSPS) is 11.4. The fraction of sp³-hybridized carbons (Fsp3) is 0.152. The number of halogens is 1. The molecule has 4 heterocycles. The van der Waals surface area contributed by atoms with Crippen molar-refractivity contribution in [2.45, 2.75) is 25.2 Å². The quantitative estimate of drug-likeness (QED) is 0.196. The van der Waals surface area contributed by atoms with E-state index >= 15 is 4.39 Å². The molecule has 0 radical (unpaired) electrons. The van der Waals surface area contributed by atoms with Crippen molar-refractivity contribution >= 4 is 38.3 Å². The van der Waals surface area contributed by atoms with Gasteiger partial charge >= 0.3 is 6.01 Å². The zero-order chi connectivity index (χ0) is 34.0. The van der Waals surface area contributed by atoms with Gasteiger partial charge in [-0.2, -0.15) is 0 Å². The summed E-state index contributed by atoms with van der Waals surface area (Å²) in [5.74, 6) is -1.25. The average Bonchev–Trinajstić information content (AvgIpc) is 3.38. The third-order valence-corrected chi connectivity index (χ3v) is 9.17. The number of benzene rings is 2. The standard InChI is InChI=1S/C33H29FN8O5S/c1-19-11-13-36-33(40-19)47-25-10-9-22(16-24(25)34)42-30(20(2)28-31(42)32(35)39-18-38-28)29-26(46-3)15-21(17-37-29)41-27(43)12-14-48(44,45)23-7-5-4-6-8-23/h4-11,13,15-18H,12,14H2,1-3H3,(H,41,43)(H2,35,38,39). The van der Waals surface area contributed by atoms with Crippen molar-refractivity contribution in [2.24, 2.45) is 0 Å². The van der Waals surface area contributed by atoms with Crippen LogP contribution in [-0.2, 0) is 14.6 Å². The number of nitrogen functional groups attached to an aromatic ring is 1. The Hall–Kier alpha value is -5.96. The van der Waals surface area contributed by atoms with Crippen LogP contribution in [0.4, 0.5) is 15.9 Å². The van der Waals surface area contributed by atoms with E-state index in [-0.39, 0.29) is 46.1 Å². The van der Waals surface area contributed by atoms with E-state index in [0.29, 0.717) is 39.4 Å². The second-order valence-corrected chi connectivity index (χ2v) is 12.8. The molecule has 15 heteroatoms. The molecule has 13 nitrogen and oxygen atoms in total. The molecule has 0 saturated heterocycles. The molecule has 6 aromatic rings. The minimum Gasteiger partial charge on any atom is -0.494 e. The summed E-state index contributed by atoms with van der Waals surface area (Å²) in [7, 11) is -2.21. The Labute approximate surface area is 274 Å². The highest BCUT2D eigenvalue weighted by molar-refractivity contribution is 7.91. The van der Waals surface area contributed by atoms with Crippen LogP contribution in [0.25, 0.3) is 28.1 Å². The first-order valence-electron chi connectivity index (χ1n) is 14.6. The molecule has 0 bridgehead atoms. The smallest absolute Gasteiger partial charge is 0.322 e. The summed E-state index contributed by atoms with van der Waals surface area (Å²) in [6.45, 7) is 3.58. The Morgan fingerprint density at radius 3 is 2.52 bits per heavy atom. The minimum atomic E-state index is -3.64. The third kappa shape index (κ3) is 6.35. The van der Waals surface area contributed by atoms with E-state index in [1.54, 1.807) is 47.9 Å². The number of nitrogens with one attached hydrogen (secondary N) is 1. The number of carbonyl (C=O) groups is 1. The maximum atomic E-state index is 15.5. The Bertz CT molecular complexity index is 2280. The second kappa shape index (κ2) is 13.0. The number of aromatic nitrogens is 6. The van der Waals surface area contributed by atoms with Crippen molar-refractivity contribution in [3.05, 3.63) is 96.5 Å². The van der Waals surface area contributed by atoms with Gasteiger partial charge in [0.25, 0.3) is 0 Å². The number of nitrogens with zero attached hydrogens (tertiary/aromatic N) is 6. The largest absolute Gasteiger partial charge is 0.494 e. The number of carbonyl (C=O) groups excluding carboxylic acids is 1. The van der Waals surface area contributed by atoms with Gasteiger partial charge in [0.2, 0.25) is 5.91 Å². The van der Waals surface area contributed by atoms with Crippen molar-refractivity contribution in [2.75, 3.05) is 23.9 Å². The number of hydrogen-bond donors (Lipinski definition) is 2. The van der Waals surface area contributed by atoms with Gasteiger partial charge in [0, 0.05) is 41.7 Å². The molecule has 0 aliphatic carbocycles. The van der Waals surface area contributed by atoms with Gasteiger partial charge in [0.1, 0.15) is 23.3 Å². The maximum Gasteiger partial charge on any atom is 0.322 e. The summed E-state index contributed by atoms with van der Waals surface area (Å²) < 4.78 is 53.8. The number of pyridine rings is 1. The fourth-order valence-corrected chi connectivity index (χ4v) is 6.41. The number of sulfone groups is 1. The summed E-state index contributed by atoms with van der Waals surface area (Å²) in [6, 6.07) is 15.5. The zero-order valence-corrected chi connectivity index (χ0v) is 26.8. The van der Waals surface area contributed by atoms with Crippen molar-refractivity contribution in [1.29, 1.82) is 0 Å². The zero-order valence-electron chi connectivity index (χ0n) is 26.0. The van der Waals surface area contributed by atoms with Crippen molar-refractivity contribution < 1.29 is 27.1 Å². The van der Waals surface area contributed by atoms with Gasteiger partial charge in [0.05, 0.1) is 40.9 Å². The minimum absolute atomic E-state index is 0.00109. The van der Waals surface area contributed by atoms with Crippen LogP contribution >= 0.6 is 0 Å². The van der Waals surface area contributed by atoms with Crippen molar-refractivity contribution in [3.8, 4) is 34.6 Å². The number of amides is 1. The summed E-state index contributed by atoms with van der Waals surface area (Å²) >= 11 is 0. The van der Waals surface area contributed by atoms with E-state index < -0.39 is 21.6 Å². The predicted molar refractivity (Wildman–Crippen MR) is 176 cm³/mol. The molecule has 0 spiro atoms. The van der Waals surface area contributed by atoms with Crippen LogP contribution in [0.15, 0.2) is 84.3 Å². The molecule has 3 N–H and O–H groups in total. The van der Waals surface area contributed by atoms with Crippen LogP contribution in [0.5, 0.6) is 17.5 Å². The molecule has 0 fully saturated rings. The molecule has 4 aromatic heterocycles. The predicted octanol–water partition coefficient (Wildman–Crippen LogP) is 5.21. The van der Waals surface area contributed by atoms with Crippen molar-refractivity contribution in [3.63, 3.8) is 0 Å². The number of rotatable bonds is 10. The first-order chi connectivity index (χ1) is 23.1. The third-order valence-electron chi connectivity index (χ3n) is 7.44. The number of aryl methyl sites for hydroxylation is 2. The van der Waals surface area contributed by atoms with E-state index in [4.69, 9.17) is 15.2 Å². The number of ether oxygens (including phenoxy) is 2. The van der Waals surface area contributed by atoms with E-state index in [1.807, 2.05) is 6.92 Å². The lowest BCUT2D eigenvalue weighted by atomic mass is 10.1. The summed E-state index contributed by atoms with van der Waals surface area (Å²) in [4.78, 5) is 34.3. The maximum absolute atomic E-state index is 15.5. The van der Waals surface area contributed by atoms with Crippen molar-refractivity contribution in [1.82, 2.24) is 29.5 Å². The lowest BCUT2D eigenvalue weighted by molar-refractivity contribution is -0.115. The molecule has 0 aliphatic heterocycles. The average molecular weight is 669 g/mol. The lowest BCUT2D eigenvalue weighted by Gasteiger charge is -2.16. The van der Waals surface area contributed by atoms with E-state index in [9.17, 15) is 13.2 Å². The number of nitrogens with two attached hydrogens (primary N) is 1. The summed E-state index contributed by atoms with van der Waals surface area (Å²) in [5.41, 5.74) is 10.0. The van der Waals surface area contributed by atoms with Gasteiger partial charge < -0.3 is 25.1 Å². The highest BCUT2D eigenvalue weighted by Crippen LogP contribution is 2.41. The van der Waals surface area contributed by atoms with Gasteiger partial charge in [-0.05, 0) is 44.2 Å². The van der Waals surface area contributed by atoms with E-state index in [2.05, 4.69) is 30.2 Å². The molecule has 0 aliphatic rings. The number of hydrogen-bond acceptors (Lipinski definition) is 11. The highest BCUT2D eigenvalue weighted by atomic mass is 32.2. The van der Waals surface area contributed by atoms with Crippen LogP contribution in [-0.4, -0.2) is 56.7 Å². The number of fused-ring (bicyclic) bond motifs is 1. The molecular weight excluding hydrogens is 639 g/mol. The van der Waals surface area contributed by atoms with Gasteiger partial charge in [-0.3, -0.25) is 4.79 Å². The highest BCUT2D eigenvalue weighted by Gasteiger charge is 2.25. The molecule has 6 rings (SSSR count). The molecular formula is C33H29FN8O5S. The first-order valence-corrected chi connectivity index (χ1v) is 16.2. The van der Waals surface area contributed by atoms with E-state index in [1.165, 1.54) is 50.1 Å². The van der Waals surface area contributed by atoms with Gasteiger partial charge in [-0.15, -0.1) is 0 Å². The fourth-order valence-electron chi connectivity index (χ4n) is 5.15.